The molecule has 1 aliphatic heterocycles. The van der Waals surface area contributed by atoms with E-state index in [1.54, 1.807) is 0 Å². The molecule has 0 bridgehead atoms. The van der Waals surface area contributed by atoms with Crippen LogP contribution in [0, 0.1) is 0 Å². The summed E-state index contributed by atoms with van der Waals surface area (Å²) in [5, 5.41) is 13.0. The predicted octanol–water partition coefficient (Wildman–Crippen LogP) is 4.77. The number of amides is 1. The number of benzene rings is 2. The van der Waals surface area contributed by atoms with Crippen molar-refractivity contribution in [1.29, 1.82) is 0 Å². The Morgan fingerprint density at radius 3 is 2.75 bits per heavy atom. The van der Waals surface area contributed by atoms with E-state index in [4.69, 9.17) is 16.3 Å². The zero-order valence-electron chi connectivity index (χ0n) is 17.7. The highest BCUT2D eigenvalue weighted by Crippen LogP contribution is 2.32. The average Bonchev–Trinajstić information content (AvgIpc) is 3.26. The van der Waals surface area contributed by atoms with Gasteiger partial charge in [0.25, 0.3) is 0 Å². The van der Waals surface area contributed by atoms with Crippen LogP contribution in [0.5, 0.6) is 5.75 Å². The molecule has 0 atom stereocenters. The highest BCUT2D eigenvalue weighted by molar-refractivity contribution is 8.01. The average molecular weight is 490 g/mol. The van der Waals surface area contributed by atoms with Gasteiger partial charge in [0.05, 0.1) is 18.0 Å². The molecule has 0 spiro atoms. The maximum Gasteiger partial charge on any atom is 0.233 e. The molecule has 7 nitrogen and oxygen atoms in total. The summed E-state index contributed by atoms with van der Waals surface area (Å²) in [4.78, 5) is 16.8. The molecule has 2 heterocycles. The van der Waals surface area contributed by atoms with Crippen molar-refractivity contribution < 1.29 is 9.53 Å². The second kappa shape index (κ2) is 10.9. The summed E-state index contributed by atoms with van der Waals surface area (Å²) in [6.07, 6.45) is 0. The SMILES string of the molecule is CCOc1ccccc1Nc1nnc(SCC(=O)N2CCN(c3cccc(Cl)c3)CC2)s1. The first-order valence-corrected chi connectivity index (χ1v) is 12.5. The molecule has 3 aromatic rings. The molecule has 0 aliphatic carbocycles. The standard InChI is InChI=1S/C22H24ClN5O2S2/c1-2-30-19-9-4-3-8-18(19)24-21-25-26-22(32-21)31-15-20(29)28-12-10-27(11-13-28)17-7-5-6-16(23)14-17/h3-9,14H,2,10-13,15H2,1H3,(H,24,25). The van der Waals surface area contributed by atoms with Gasteiger partial charge >= 0.3 is 0 Å². The number of ether oxygens (including phenoxy) is 1. The number of rotatable bonds is 8. The van der Waals surface area contributed by atoms with E-state index in [1.807, 2.05) is 60.4 Å². The van der Waals surface area contributed by atoms with E-state index in [-0.39, 0.29) is 5.91 Å². The van der Waals surface area contributed by atoms with Crippen LogP contribution in [0.3, 0.4) is 0 Å². The van der Waals surface area contributed by atoms with Crippen LogP contribution in [0.2, 0.25) is 5.02 Å². The third-order valence-corrected chi connectivity index (χ3v) is 7.15. The number of hydrogen-bond acceptors (Lipinski definition) is 8. The highest BCUT2D eigenvalue weighted by atomic mass is 35.5. The Balaban J connectivity index is 1.26. The molecule has 1 amide bonds. The maximum atomic E-state index is 12.7. The summed E-state index contributed by atoms with van der Waals surface area (Å²) < 4.78 is 6.39. The first-order chi connectivity index (χ1) is 15.6. The fraction of sp³-hybridized carbons (Fsp3) is 0.318. The van der Waals surface area contributed by atoms with E-state index in [2.05, 4.69) is 20.4 Å². The van der Waals surface area contributed by atoms with Crippen molar-refractivity contribution in [3.63, 3.8) is 0 Å². The highest BCUT2D eigenvalue weighted by Gasteiger charge is 2.22. The Kier molecular flexibility index (Phi) is 7.72. The molecule has 4 rings (SSSR count). The Labute approximate surface area is 200 Å². The van der Waals surface area contributed by atoms with Crippen LogP contribution < -0.4 is 15.0 Å². The molecule has 1 saturated heterocycles. The monoisotopic (exact) mass is 489 g/mol. The van der Waals surface area contributed by atoms with Gasteiger partial charge in [-0.05, 0) is 37.3 Å². The van der Waals surface area contributed by atoms with Gasteiger partial charge in [0.15, 0.2) is 4.34 Å². The number of halogens is 1. The fourth-order valence-corrected chi connectivity index (χ4v) is 5.24. The van der Waals surface area contributed by atoms with Crippen LogP contribution in [0.25, 0.3) is 0 Å². The normalized spacial score (nSPS) is 13.8. The quantitative estimate of drug-likeness (QED) is 0.457. The Morgan fingerprint density at radius 1 is 1.16 bits per heavy atom. The van der Waals surface area contributed by atoms with E-state index < -0.39 is 0 Å². The molecule has 10 heteroatoms. The Hall–Kier alpha value is -2.49. The molecule has 168 valence electrons. The van der Waals surface area contributed by atoms with Crippen molar-refractivity contribution in [3.05, 3.63) is 53.6 Å². The van der Waals surface area contributed by atoms with Crippen LogP contribution in [0.1, 0.15) is 6.92 Å². The molecule has 0 saturated carbocycles. The van der Waals surface area contributed by atoms with Gasteiger partial charge in [0.1, 0.15) is 5.75 Å². The third-order valence-electron chi connectivity index (χ3n) is 4.96. The summed E-state index contributed by atoms with van der Waals surface area (Å²) in [6, 6.07) is 15.5. The van der Waals surface area contributed by atoms with Crippen molar-refractivity contribution in [1.82, 2.24) is 15.1 Å². The number of piperazine rings is 1. The lowest BCUT2D eigenvalue weighted by molar-refractivity contribution is -0.128. The topological polar surface area (TPSA) is 70.6 Å². The number of carbonyl (C=O) groups excluding carboxylic acids is 1. The van der Waals surface area contributed by atoms with Crippen molar-refractivity contribution in [2.24, 2.45) is 0 Å². The summed E-state index contributed by atoms with van der Waals surface area (Å²) in [5.41, 5.74) is 1.94. The predicted molar refractivity (Wildman–Crippen MR) is 132 cm³/mol. The minimum absolute atomic E-state index is 0.118. The van der Waals surface area contributed by atoms with Gasteiger partial charge in [-0.25, -0.2) is 0 Å². The number of thioether (sulfide) groups is 1. The lowest BCUT2D eigenvalue weighted by Gasteiger charge is -2.36. The fourth-order valence-electron chi connectivity index (χ4n) is 3.39. The Morgan fingerprint density at radius 2 is 1.97 bits per heavy atom. The molecule has 1 N–H and O–H groups in total. The first kappa shape index (κ1) is 22.7. The summed E-state index contributed by atoms with van der Waals surface area (Å²) >= 11 is 8.94. The number of hydrogen-bond donors (Lipinski definition) is 1. The maximum absolute atomic E-state index is 12.7. The molecular formula is C22H24ClN5O2S2. The molecule has 0 radical (unpaired) electrons. The summed E-state index contributed by atoms with van der Waals surface area (Å²) in [6.45, 7) is 5.52. The van der Waals surface area contributed by atoms with Gasteiger partial charge < -0.3 is 19.9 Å². The van der Waals surface area contributed by atoms with Gasteiger partial charge in [0.2, 0.25) is 11.0 Å². The van der Waals surface area contributed by atoms with Gasteiger partial charge in [-0.1, -0.05) is 52.9 Å². The lowest BCUT2D eigenvalue weighted by atomic mass is 10.2. The molecule has 1 aromatic heterocycles. The van der Waals surface area contributed by atoms with Gasteiger partial charge in [0, 0.05) is 36.9 Å². The zero-order valence-corrected chi connectivity index (χ0v) is 20.1. The van der Waals surface area contributed by atoms with Crippen molar-refractivity contribution >= 4 is 57.1 Å². The molecular weight excluding hydrogens is 466 g/mol. The Bertz CT molecular complexity index is 1060. The second-order valence-corrected chi connectivity index (χ2v) is 9.70. The lowest BCUT2D eigenvalue weighted by Crippen LogP contribution is -2.49. The van der Waals surface area contributed by atoms with Gasteiger partial charge in [-0.2, -0.15) is 0 Å². The van der Waals surface area contributed by atoms with E-state index in [0.717, 1.165) is 39.6 Å². The minimum atomic E-state index is 0.118. The number of para-hydroxylation sites is 2. The van der Waals surface area contributed by atoms with Crippen LogP contribution >= 0.6 is 34.7 Å². The van der Waals surface area contributed by atoms with E-state index in [1.165, 1.54) is 23.1 Å². The first-order valence-electron chi connectivity index (χ1n) is 10.4. The number of anilines is 3. The molecule has 0 unspecified atom stereocenters. The van der Waals surface area contributed by atoms with Crippen molar-refractivity contribution in [3.8, 4) is 5.75 Å². The molecule has 2 aromatic carbocycles. The van der Waals surface area contributed by atoms with Crippen LogP contribution in [0.15, 0.2) is 52.9 Å². The molecule has 1 aliphatic rings. The van der Waals surface area contributed by atoms with Gasteiger partial charge in [-0.15, -0.1) is 10.2 Å². The smallest absolute Gasteiger partial charge is 0.233 e. The van der Waals surface area contributed by atoms with Crippen molar-refractivity contribution in [2.45, 2.75) is 11.3 Å². The number of aromatic nitrogens is 2. The summed E-state index contributed by atoms with van der Waals surface area (Å²) in [5.74, 6) is 1.24. The summed E-state index contributed by atoms with van der Waals surface area (Å²) in [7, 11) is 0. The van der Waals surface area contributed by atoms with Crippen LogP contribution in [0.4, 0.5) is 16.5 Å². The third kappa shape index (κ3) is 5.85. The van der Waals surface area contributed by atoms with Gasteiger partial charge in [-0.3, -0.25) is 4.79 Å². The van der Waals surface area contributed by atoms with Crippen LogP contribution in [-0.4, -0.2) is 59.5 Å². The zero-order chi connectivity index (χ0) is 22.3. The second-order valence-electron chi connectivity index (χ2n) is 7.06. The van der Waals surface area contributed by atoms with E-state index in [9.17, 15) is 4.79 Å². The molecule has 1 fully saturated rings. The number of nitrogens with zero attached hydrogens (tertiary/aromatic N) is 4. The minimum Gasteiger partial charge on any atom is -0.492 e. The number of carbonyl (C=O) groups is 1. The number of nitrogens with one attached hydrogen (secondary N) is 1. The molecule has 32 heavy (non-hydrogen) atoms. The largest absolute Gasteiger partial charge is 0.492 e. The van der Waals surface area contributed by atoms with E-state index >= 15 is 0 Å². The van der Waals surface area contributed by atoms with E-state index in [0.29, 0.717) is 30.6 Å². The van der Waals surface area contributed by atoms with Crippen LogP contribution in [-0.2, 0) is 4.79 Å². The van der Waals surface area contributed by atoms with Crippen molar-refractivity contribution in [2.75, 3.05) is 48.8 Å².